The normalized spacial score (nSPS) is 20.7. The second-order valence-electron chi connectivity index (χ2n) is 6.22. The number of likely N-dealkylation sites (tertiary alicyclic amines) is 1. The summed E-state index contributed by atoms with van der Waals surface area (Å²) in [6.45, 7) is 6.95. The Bertz CT molecular complexity index is 487. The van der Waals surface area contributed by atoms with E-state index in [0.717, 1.165) is 37.2 Å². The fourth-order valence-corrected chi connectivity index (χ4v) is 3.09. The van der Waals surface area contributed by atoms with Crippen molar-refractivity contribution in [3.63, 3.8) is 0 Å². The fraction of sp³-hybridized carbons (Fsp3) is 0.588. The molecule has 2 N–H and O–H groups in total. The Balaban J connectivity index is 2.24. The largest absolute Gasteiger partial charge is 0.392 e. The van der Waals surface area contributed by atoms with Crippen LogP contribution in [0.15, 0.2) is 24.3 Å². The molecule has 4 nitrogen and oxygen atoms in total. The van der Waals surface area contributed by atoms with Crippen molar-refractivity contribution in [2.45, 2.75) is 32.3 Å². The van der Waals surface area contributed by atoms with E-state index < -0.39 is 0 Å². The van der Waals surface area contributed by atoms with Crippen LogP contribution in [0.4, 0.5) is 0 Å². The highest BCUT2D eigenvalue weighted by atomic mass is 16.3. The van der Waals surface area contributed by atoms with E-state index in [2.05, 4.69) is 30.1 Å². The minimum absolute atomic E-state index is 0.0299. The molecule has 21 heavy (non-hydrogen) atoms. The standard InChI is InChI=1S/C17H26N2O2/c1-12(2)16(11-19-9-8-13(20)10-19)14-6-4-5-7-15(14)17(21)18-3/h4-7,12-13,16,20H,8-11H2,1-3H3,(H,18,21)/t13-,16-/m0/s1. The Morgan fingerprint density at radius 1 is 1.43 bits per heavy atom. The van der Waals surface area contributed by atoms with Gasteiger partial charge in [0.2, 0.25) is 0 Å². The van der Waals surface area contributed by atoms with Crippen molar-refractivity contribution < 1.29 is 9.90 Å². The number of carbonyl (C=O) groups excluding carboxylic acids is 1. The van der Waals surface area contributed by atoms with Crippen LogP contribution in [0.3, 0.4) is 0 Å². The van der Waals surface area contributed by atoms with Crippen molar-refractivity contribution in [3.05, 3.63) is 35.4 Å². The molecule has 0 bridgehead atoms. The minimum Gasteiger partial charge on any atom is -0.392 e. The topological polar surface area (TPSA) is 52.6 Å². The lowest BCUT2D eigenvalue weighted by Crippen LogP contribution is -2.31. The number of benzene rings is 1. The summed E-state index contributed by atoms with van der Waals surface area (Å²) in [4.78, 5) is 14.4. The molecular weight excluding hydrogens is 264 g/mol. The Morgan fingerprint density at radius 2 is 2.14 bits per heavy atom. The van der Waals surface area contributed by atoms with Gasteiger partial charge >= 0.3 is 0 Å². The Hall–Kier alpha value is -1.39. The number of β-amino-alcohol motifs (C(OH)–C–C–N with tert-alkyl or cyclic N) is 1. The monoisotopic (exact) mass is 290 g/mol. The van der Waals surface area contributed by atoms with Gasteiger partial charge in [0.25, 0.3) is 5.91 Å². The number of hydrogen-bond acceptors (Lipinski definition) is 3. The Morgan fingerprint density at radius 3 is 2.71 bits per heavy atom. The first-order chi connectivity index (χ1) is 10.0. The molecule has 0 saturated carbocycles. The van der Waals surface area contributed by atoms with Gasteiger partial charge in [-0.1, -0.05) is 32.0 Å². The molecule has 1 fully saturated rings. The number of rotatable bonds is 5. The third kappa shape index (κ3) is 3.83. The molecule has 2 atom stereocenters. The first kappa shape index (κ1) is 16.0. The molecule has 1 aliphatic rings. The zero-order valence-electron chi connectivity index (χ0n) is 13.2. The van der Waals surface area contributed by atoms with E-state index in [1.54, 1.807) is 7.05 Å². The number of nitrogens with one attached hydrogen (secondary N) is 1. The average molecular weight is 290 g/mol. The zero-order chi connectivity index (χ0) is 15.4. The highest BCUT2D eigenvalue weighted by Gasteiger charge is 2.27. The van der Waals surface area contributed by atoms with Crippen molar-refractivity contribution in [2.24, 2.45) is 5.92 Å². The van der Waals surface area contributed by atoms with Crippen LogP contribution in [0.5, 0.6) is 0 Å². The van der Waals surface area contributed by atoms with Gasteiger partial charge in [0.15, 0.2) is 0 Å². The molecule has 0 spiro atoms. The third-order valence-electron chi connectivity index (χ3n) is 4.34. The highest BCUT2D eigenvalue weighted by Crippen LogP contribution is 2.29. The molecule has 0 aliphatic carbocycles. The maximum atomic E-state index is 12.1. The van der Waals surface area contributed by atoms with E-state index in [1.165, 1.54) is 0 Å². The second-order valence-corrected chi connectivity index (χ2v) is 6.22. The first-order valence-electron chi connectivity index (χ1n) is 7.74. The number of carbonyl (C=O) groups is 1. The maximum Gasteiger partial charge on any atom is 0.251 e. The van der Waals surface area contributed by atoms with E-state index in [9.17, 15) is 9.90 Å². The molecule has 0 aromatic heterocycles. The van der Waals surface area contributed by atoms with Gasteiger partial charge in [0.05, 0.1) is 6.10 Å². The lowest BCUT2D eigenvalue weighted by atomic mass is 9.85. The van der Waals surface area contributed by atoms with Crippen LogP contribution in [-0.4, -0.2) is 48.7 Å². The van der Waals surface area contributed by atoms with Gasteiger partial charge in [-0.2, -0.15) is 0 Å². The maximum absolute atomic E-state index is 12.1. The Labute approximate surface area is 127 Å². The minimum atomic E-state index is -0.202. The SMILES string of the molecule is CNC(=O)c1ccccc1[C@@H](CN1CC[C@H](O)C1)C(C)C. The summed E-state index contributed by atoms with van der Waals surface area (Å²) in [5.74, 6) is 0.704. The van der Waals surface area contributed by atoms with Crippen LogP contribution in [0, 0.1) is 5.92 Å². The average Bonchev–Trinajstić information content (AvgIpc) is 2.89. The van der Waals surface area contributed by atoms with E-state index >= 15 is 0 Å². The van der Waals surface area contributed by atoms with Crippen LogP contribution < -0.4 is 5.32 Å². The van der Waals surface area contributed by atoms with Crippen LogP contribution in [0.2, 0.25) is 0 Å². The molecule has 0 unspecified atom stereocenters. The number of aliphatic hydroxyl groups excluding tert-OH is 1. The zero-order valence-corrected chi connectivity index (χ0v) is 13.2. The molecule has 1 amide bonds. The van der Waals surface area contributed by atoms with Crippen molar-refractivity contribution in [1.29, 1.82) is 0 Å². The summed E-state index contributed by atoms with van der Waals surface area (Å²) in [5.41, 5.74) is 1.87. The molecule has 1 aliphatic heterocycles. The summed E-state index contributed by atoms with van der Waals surface area (Å²) in [7, 11) is 1.67. The van der Waals surface area contributed by atoms with Gasteiger partial charge in [-0.25, -0.2) is 0 Å². The van der Waals surface area contributed by atoms with Crippen LogP contribution in [0.1, 0.15) is 42.1 Å². The summed E-state index contributed by atoms with van der Waals surface area (Å²) >= 11 is 0. The third-order valence-corrected chi connectivity index (χ3v) is 4.34. The molecule has 4 heteroatoms. The van der Waals surface area contributed by atoms with Gasteiger partial charge < -0.3 is 15.3 Å². The smallest absolute Gasteiger partial charge is 0.251 e. The predicted molar refractivity (Wildman–Crippen MR) is 84.5 cm³/mol. The van der Waals surface area contributed by atoms with Crippen LogP contribution in [0.25, 0.3) is 0 Å². The van der Waals surface area contributed by atoms with E-state index in [1.807, 2.05) is 18.2 Å². The van der Waals surface area contributed by atoms with E-state index in [-0.39, 0.29) is 12.0 Å². The number of aliphatic hydroxyl groups is 1. The number of amides is 1. The molecule has 2 rings (SSSR count). The number of hydrogen-bond donors (Lipinski definition) is 2. The molecule has 0 radical (unpaired) electrons. The second kappa shape index (κ2) is 7.05. The van der Waals surface area contributed by atoms with E-state index in [0.29, 0.717) is 11.8 Å². The molecule has 1 saturated heterocycles. The van der Waals surface area contributed by atoms with Crippen LogP contribution in [-0.2, 0) is 0 Å². The fourth-order valence-electron chi connectivity index (χ4n) is 3.09. The van der Waals surface area contributed by atoms with Gasteiger partial charge in [-0.05, 0) is 29.9 Å². The van der Waals surface area contributed by atoms with E-state index in [4.69, 9.17) is 0 Å². The summed E-state index contributed by atoms with van der Waals surface area (Å²) in [5, 5.41) is 12.4. The summed E-state index contributed by atoms with van der Waals surface area (Å²) < 4.78 is 0. The quantitative estimate of drug-likeness (QED) is 0.870. The van der Waals surface area contributed by atoms with Gasteiger partial charge in [0.1, 0.15) is 0 Å². The van der Waals surface area contributed by atoms with Gasteiger partial charge in [-0.15, -0.1) is 0 Å². The molecule has 1 aromatic carbocycles. The molecular formula is C17H26N2O2. The van der Waals surface area contributed by atoms with Crippen molar-refractivity contribution in [2.75, 3.05) is 26.7 Å². The highest BCUT2D eigenvalue weighted by molar-refractivity contribution is 5.95. The Kier molecular flexibility index (Phi) is 5.37. The summed E-state index contributed by atoms with van der Waals surface area (Å²) in [6, 6.07) is 7.85. The van der Waals surface area contributed by atoms with Gasteiger partial charge in [-0.3, -0.25) is 4.79 Å². The molecule has 1 heterocycles. The summed E-state index contributed by atoms with van der Waals surface area (Å²) in [6.07, 6.45) is 0.647. The predicted octanol–water partition coefficient (Wildman–Crippen LogP) is 1.85. The lowest BCUT2D eigenvalue weighted by Gasteiger charge is -2.28. The van der Waals surface area contributed by atoms with Gasteiger partial charge in [0, 0.05) is 32.2 Å². The lowest BCUT2D eigenvalue weighted by molar-refractivity contribution is 0.0960. The van der Waals surface area contributed by atoms with Crippen molar-refractivity contribution in [1.82, 2.24) is 10.2 Å². The molecule has 1 aromatic rings. The van der Waals surface area contributed by atoms with Crippen molar-refractivity contribution in [3.8, 4) is 0 Å². The first-order valence-corrected chi connectivity index (χ1v) is 7.74. The molecule has 116 valence electrons. The van der Waals surface area contributed by atoms with Crippen LogP contribution >= 0.6 is 0 Å². The number of nitrogens with zero attached hydrogens (tertiary/aromatic N) is 1. The van der Waals surface area contributed by atoms with Crippen molar-refractivity contribution >= 4 is 5.91 Å².